The largest absolute Gasteiger partial charge is 0.490 e. The molecule has 8 heteroatoms. The molecule has 0 saturated heterocycles. The van der Waals surface area contributed by atoms with Gasteiger partial charge in [-0.15, -0.1) is 0 Å². The maximum atomic E-state index is 12.1. The summed E-state index contributed by atoms with van der Waals surface area (Å²) in [7, 11) is -3.94. The van der Waals surface area contributed by atoms with Crippen LogP contribution in [0.5, 0.6) is 11.5 Å². The lowest BCUT2D eigenvalue weighted by Crippen LogP contribution is -2.38. The SMILES string of the molecule is CCOc1ccc(S(=O)(=O)NC(C)C(=O)O)cc1OCC. The zero-order valence-electron chi connectivity index (χ0n) is 12.1. The molecule has 0 spiro atoms. The molecule has 1 rings (SSSR count). The second kappa shape index (κ2) is 7.28. The number of carboxylic acid groups (broad SMARTS) is 1. The molecule has 0 aliphatic carbocycles. The lowest BCUT2D eigenvalue weighted by molar-refractivity contribution is -0.138. The summed E-state index contributed by atoms with van der Waals surface area (Å²) in [5.74, 6) is -0.524. The van der Waals surface area contributed by atoms with Crippen LogP contribution in [0.2, 0.25) is 0 Å². The van der Waals surface area contributed by atoms with Crippen molar-refractivity contribution in [2.45, 2.75) is 31.7 Å². The molecule has 0 bridgehead atoms. The van der Waals surface area contributed by atoms with E-state index in [1.54, 1.807) is 13.8 Å². The third-order valence-corrected chi connectivity index (χ3v) is 4.07. The first-order chi connectivity index (χ1) is 9.81. The summed E-state index contributed by atoms with van der Waals surface area (Å²) in [5.41, 5.74) is 0. The quantitative estimate of drug-likeness (QED) is 0.748. The molecule has 0 aliphatic rings. The molecule has 1 atom stereocenters. The molecule has 1 aromatic rings. The van der Waals surface area contributed by atoms with Crippen molar-refractivity contribution < 1.29 is 27.8 Å². The highest BCUT2D eigenvalue weighted by Gasteiger charge is 2.22. The van der Waals surface area contributed by atoms with Crippen molar-refractivity contribution in [2.75, 3.05) is 13.2 Å². The fourth-order valence-corrected chi connectivity index (χ4v) is 2.76. The predicted molar refractivity (Wildman–Crippen MR) is 76.2 cm³/mol. The zero-order valence-corrected chi connectivity index (χ0v) is 12.9. The average molecular weight is 317 g/mol. The Balaban J connectivity index is 3.12. The number of benzene rings is 1. The lowest BCUT2D eigenvalue weighted by atomic mass is 10.3. The van der Waals surface area contributed by atoms with E-state index in [-0.39, 0.29) is 4.90 Å². The van der Waals surface area contributed by atoms with Crippen LogP contribution in [-0.4, -0.2) is 38.7 Å². The maximum absolute atomic E-state index is 12.1. The fourth-order valence-electron chi connectivity index (χ4n) is 1.55. The molecule has 0 radical (unpaired) electrons. The monoisotopic (exact) mass is 317 g/mol. The number of nitrogens with one attached hydrogen (secondary N) is 1. The highest BCUT2D eigenvalue weighted by atomic mass is 32.2. The van der Waals surface area contributed by atoms with Gasteiger partial charge >= 0.3 is 5.97 Å². The van der Waals surface area contributed by atoms with Crippen LogP contribution in [0.15, 0.2) is 23.1 Å². The second-order valence-corrected chi connectivity index (χ2v) is 5.87. The summed E-state index contributed by atoms with van der Waals surface area (Å²) in [6.45, 7) is 5.58. The molecule has 118 valence electrons. The third kappa shape index (κ3) is 4.61. The molecule has 2 N–H and O–H groups in total. The van der Waals surface area contributed by atoms with Crippen LogP contribution in [0.1, 0.15) is 20.8 Å². The minimum atomic E-state index is -3.94. The van der Waals surface area contributed by atoms with Crippen molar-refractivity contribution in [1.82, 2.24) is 4.72 Å². The Morgan fingerprint density at radius 2 is 1.81 bits per heavy atom. The number of hydrogen-bond donors (Lipinski definition) is 2. The van der Waals surface area contributed by atoms with Crippen LogP contribution in [0.25, 0.3) is 0 Å². The number of hydrogen-bond acceptors (Lipinski definition) is 5. The summed E-state index contributed by atoms with van der Waals surface area (Å²) in [6.07, 6.45) is 0. The van der Waals surface area contributed by atoms with E-state index in [2.05, 4.69) is 4.72 Å². The first-order valence-electron chi connectivity index (χ1n) is 6.46. The second-order valence-electron chi connectivity index (χ2n) is 4.16. The standard InChI is InChI=1S/C13H19NO6S/c1-4-19-11-7-6-10(8-12(11)20-5-2)21(17,18)14-9(3)13(15)16/h6-9,14H,4-5H2,1-3H3,(H,15,16). The van der Waals surface area contributed by atoms with Crippen molar-refractivity contribution in [3.05, 3.63) is 18.2 Å². The molecule has 0 fully saturated rings. The van der Waals surface area contributed by atoms with Gasteiger partial charge in [0, 0.05) is 6.07 Å². The number of ether oxygens (including phenoxy) is 2. The summed E-state index contributed by atoms with van der Waals surface area (Å²) in [6, 6.07) is 2.90. The van der Waals surface area contributed by atoms with Crippen molar-refractivity contribution in [1.29, 1.82) is 0 Å². The Morgan fingerprint density at radius 1 is 1.24 bits per heavy atom. The molecule has 1 unspecified atom stereocenters. The Hall–Kier alpha value is -1.80. The van der Waals surface area contributed by atoms with Crippen LogP contribution in [0, 0.1) is 0 Å². The van der Waals surface area contributed by atoms with Gasteiger partial charge in [-0.25, -0.2) is 8.42 Å². The Morgan fingerprint density at radius 3 is 2.33 bits per heavy atom. The number of rotatable bonds is 8. The van der Waals surface area contributed by atoms with Gasteiger partial charge in [0.15, 0.2) is 11.5 Å². The third-order valence-electron chi connectivity index (χ3n) is 2.53. The number of carboxylic acids is 1. The molecule has 0 amide bonds. The zero-order chi connectivity index (χ0) is 16.0. The van der Waals surface area contributed by atoms with E-state index in [1.165, 1.54) is 25.1 Å². The van der Waals surface area contributed by atoms with E-state index < -0.39 is 22.0 Å². The van der Waals surface area contributed by atoms with Gasteiger partial charge in [-0.1, -0.05) is 0 Å². The van der Waals surface area contributed by atoms with Gasteiger partial charge in [0.2, 0.25) is 10.0 Å². The van der Waals surface area contributed by atoms with Crippen LogP contribution < -0.4 is 14.2 Å². The Kier molecular flexibility index (Phi) is 5.98. The van der Waals surface area contributed by atoms with E-state index in [0.29, 0.717) is 24.7 Å². The highest BCUT2D eigenvalue weighted by molar-refractivity contribution is 7.89. The van der Waals surface area contributed by atoms with Crippen molar-refractivity contribution in [3.63, 3.8) is 0 Å². The van der Waals surface area contributed by atoms with Gasteiger partial charge in [-0.3, -0.25) is 4.79 Å². The van der Waals surface area contributed by atoms with E-state index in [1.807, 2.05) is 0 Å². The number of carbonyl (C=O) groups is 1. The van der Waals surface area contributed by atoms with Gasteiger partial charge in [0.05, 0.1) is 18.1 Å². The topological polar surface area (TPSA) is 102 Å². The maximum Gasteiger partial charge on any atom is 0.321 e. The predicted octanol–water partition coefficient (Wildman–Crippen LogP) is 1.24. The first kappa shape index (κ1) is 17.3. The molecule has 0 aliphatic heterocycles. The first-order valence-corrected chi connectivity index (χ1v) is 7.95. The van der Waals surface area contributed by atoms with Gasteiger partial charge in [0.1, 0.15) is 6.04 Å². The van der Waals surface area contributed by atoms with E-state index in [0.717, 1.165) is 0 Å². The molecule has 0 heterocycles. The van der Waals surface area contributed by atoms with Crippen molar-refractivity contribution >= 4 is 16.0 Å². The molecule has 7 nitrogen and oxygen atoms in total. The summed E-state index contributed by atoms with van der Waals surface area (Å²) in [4.78, 5) is 10.7. The number of aliphatic carboxylic acids is 1. The summed E-state index contributed by atoms with van der Waals surface area (Å²) < 4.78 is 37.0. The minimum absolute atomic E-state index is 0.0810. The fraction of sp³-hybridized carbons (Fsp3) is 0.462. The highest BCUT2D eigenvalue weighted by Crippen LogP contribution is 2.30. The molecular weight excluding hydrogens is 298 g/mol. The Bertz CT molecular complexity index is 599. The average Bonchev–Trinajstić information content (AvgIpc) is 2.40. The van der Waals surface area contributed by atoms with Crippen LogP contribution >= 0.6 is 0 Å². The minimum Gasteiger partial charge on any atom is -0.490 e. The van der Waals surface area contributed by atoms with Crippen molar-refractivity contribution in [2.24, 2.45) is 0 Å². The smallest absolute Gasteiger partial charge is 0.321 e. The Labute approximate surface area is 123 Å². The van der Waals surface area contributed by atoms with E-state index in [9.17, 15) is 13.2 Å². The normalized spacial score (nSPS) is 12.7. The summed E-state index contributed by atoms with van der Waals surface area (Å²) in [5, 5.41) is 8.77. The lowest BCUT2D eigenvalue weighted by Gasteiger charge is -2.14. The van der Waals surface area contributed by atoms with E-state index in [4.69, 9.17) is 14.6 Å². The van der Waals surface area contributed by atoms with Gasteiger partial charge in [-0.2, -0.15) is 4.72 Å². The summed E-state index contributed by atoms with van der Waals surface area (Å²) >= 11 is 0. The van der Waals surface area contributed by atoms with Gasteiger partial charge in [-0.05, 0) is 32.9 Å². The molecule has 1 aromatic carbocycles. The molecule has 0 aromatic heterocycles. The van der Waals surface area contributed by atoms with Gasteiger partial charge in [0.25, 0.3) is 0 Å². The molecule has 21 heavy (non-hydrogen) atoms. The van der Waals surface area contributed by atoms with Gasteiger partial charge < -0.3 is 14.6 Å². The van der Waals surface area contributed by atoms with Crippen LogP contribution in [-0.2, 0) is 14.8 Å². The van der Waals surface area contributed by atoms with E-state index >= 15 is 0 Å². The molecular formula is C13H19NO6S. The van der Waals surface area contributed by atoms with Crippen LogP contribution in [0.4, 0.5) is 0 Å². The van der Waals surface area contributed by atoms with Crippen molar-refractivity contribution in [3.8, 4) is 11.5 Å². The number of sulfonamides is 1. The van der Waals surface area contributed by atoms with Crippen LogP contribution in [0.3, 0.4) is 0 Å². The molecule has 0 saturated carbocycles.